The molecule has 0 radical (unpaired) electrons. The van der Waals surface area contributed by atoms with Gasteiger partial charge in [-0.15, -0.1) is 0 Å². The van der Waals surface area contributed by atoms with Gasteiger partial charge in [-0.3, -0.25) is 0 Å². The van der Waals surface area contributed by atoms with E-state index in [9.17, 15) is 0 Å². The first kappa shape index (κ1) is 11.6. The molecule has 0 saturated heterocycles. The molecule has 1 fully saturated rings. The second-order valence-corrected chi connectivity index (χ2v) is 4.90. The average Bonchev–Trinajstić information content (AvgIpc) is 2.56. The molecular weight excluding hydrogens is 202 g/mol. The molecule has 2 atom stereocenters. The number of nitrogens with one attached hydrogen (secondary N) is 1. The average molecular weight is 223 g/mol. The van der Waals surface area contributed by atoms with Gasteiger partial charge in [0.1, 0.15) is 11.4 Å². The molecule has 0 amide bonds. The summed E-state index contributed by atoms with van der Waals surface area (Å²) >= 11 is 0. The monoisotopic (exact) mass is 223 g/mol. The van der Waals surface area contributed by atoms with Crippen LogP contribution in [0.4, 0.5) is 0 Å². The maximum Gasteiger partial charge on any atom is 0.121 e. The third-order valence-electron chi connectivity index (χ3n) is 3.64. The van der Waals surface area contributed by atoms with Crippen molar-refractivity contribution in [3.8, 4) is 0 Å². The Labute approximate surface area is 96.8 Å². The van der Waals surface area contributed by atoms with Crippen molar-refractivity contribution >= 4 is 0 Å². The highest BCUT2D eigenvalue weighted by Crippen LogP contribution is 2.23. The van der Waals surface area contributed by atoms with Crippen LogP contribution in [0.1, 0.15) is 50.4 Å². The Morgan fingerprint density at radius 1 is 1.25 bits per heavy atom. The van der Waals surface area contributed by atoms with E-state index in [-0.39, 0.29) is 0 Å². The lowest BCUT2D eigenvalue weighted by atomic mass is 9.97. The van der Waals surface area contributed by atoms with Crippen LogP contribution in [0, 0.1) is 12.8 Å². The quantitative estimate of drug-likeness (QED) is 0.800. The first-order chi connectivity index (χ1) is 7.77. The van der Waals surface area contributed by atoms with E-state index in [0.29, 0.717) is 6.04 Å². The molecule has 1 saturated carbocycles. The van der Waals surface area contributed by atoms with Crippen LogP contribution >= 0.6 is 0 Å². The molecule has 2 unspecified atom stereocenters. The molecule has 16 heavy (non-hydrogen) atoms. The normalized spacial score (nSPS) is 26.6. The SMILES string of the molecule is Cc1nonc1CNC1CCCCCC1C. The van der Waals surface area contributed by atoms with Gasteiger partial charge in [0.25, 0.3) is 0 Å². The molecular formula is C12H21N3O. The minimum atomic E-state index is 0.624. The van der Waals surface area contributed by atoms with E-state index in [4.69, 9.17) is 4.63 Å². The fourth-order valence-corrected chi connectivity index (χ4v) is 2.43. The van der Waals surface area contributed by atoms with Crippen molar-refractivity contribution in [2.24, 2.45) is 5.92 Å². The van der Waals surface area contributed by atoms with E-state index in [1.807, 2.05) is 6.92 Å². The van der Waals surface area contributed by atoms with Gasteiger partial charge in [-0.05, 0) is 25.7 Å². The molecule has 1 aromatic heterocycles. The molecule has 90 valence electrons. The molecule has 0 bridgehead atoms. The standard InChI is InChI=1S/C12H21N3O/c1-9-6-4-3-5-7-11(9)13-8-12-10(2)14-16-15-12/h9,11,13H,3-8H2,1-2H3. The van der Waals surface area contributed by atoms with Crippen LogP contribution < -0.4 is 5.32 Å². The summed E-state index contributed by atoms with van der Waals surface area (Å²) in [5.41, 5.74) is 1.84. The zero-order chi connectivity index (χ0) is 11.4. The Bertz CT molecular complexity index is 324. The van der Waals surface area contributed by atoms with E-state index in [1.54, 1.807) is 0 Å². The highest BCUT2D eigenvalue weighted by Gasteiger charge is 2.19. The molecule has 2 rings (SSSR count). The van der Waals surface area contributed by atoms with Gasteiger partial charge in [0.2, 0.25) is 0 Å². The maximum absolute atomic E-state index is 4.70. The summed E-state index contributed by atoms with van der Waals surface area (Å²) in [4.78, 5) is 0. The minimum absolute atomic E-state index is 0.624. The van der Waals surface area contributed by atoms with Gasteiger partial charge in [-0.2, -0.15) is 0 Å². The first-order valence-electron chi connectivity index (χ1n) is 6.29. The number of rotatable bonds is 3. The van der Waals surface area contributed by atoms with Crippen molar-refractivity contribution in [3.05, 3.63) is 11.4 Å². The third-order valence-corrected chi connectivity index (χ3v) is 3.64. The first-order valence-corrected chi connectivity index (χ1v) is 6.29. The van der Waals surface area contributed by atoms with Crippen LogP contribution in [0.2, 0.25) is 0 Å². The van der Waals surface area contributed by atoms with Gasteiger partial charge in [-0.1, -0.05) is 36.5 Å². The van der Waals surface area contributed by atoms with Gasteiger partial charge < -0.3 is 5.32 Å². The second-order valence-electron chi connectivity index (χ2n) is 4.90. The van der Waals surface area contributed by atoms with E-state index in [1.165, 1.54) is 32.1 Å². The van der Waals surface area contributed by atoms with Crippen molar-refractivity contribution in [2.45, 2.75) is 58.5 Å². The lowest BCUT2D eigenvalue weighted by molar-refractivity contribution is 0.297. The maximum atomic E-state index is 4.70. The third kappa shape index (κ3) is 2.82. The fraction of sp³-hybridized carbons (Fsp3) is 0.833. The number of hydrogen-bond acceptors (Lipinski definition) is 4. The van der Waals surface area contributed by atoms with Crippen LogP contribution in [0.5, 0.6) is 0 Å². The fourth-order valence-electron chi connectivity index (χ4n) is 2.43. The number of hydrogen-bond donors (Lipinski definition) is 1. The zero-order valence-corrected chi connectivity index (χ0v) is 10.2. The van der Waals surface area contributed by atoms with Crippen molar-refractivity contribution in [1.82, 2.24) is 15.6 Å². The van der Waals surface area contributed by atoms with Gasteiger partial charge in [0.15, 0.2) is 0 Å². The summed E-state index contributed by atoms with van der Waals surface area (Å²) in [7, 11) is 0. The van der Waals surface area contributed by atoms with Crippen molar-refractivity contribution < 1.29 is 4.63 Å². The molecule has 4 heteroatoms. The summed E-state index contributed by atoms with van der Waals surface area (Å²) in [5, 5.41) is 11.3. The summed E-state index contributed by atoms with van der Waals surface area (Å²) in [5.74, 6) is 0.766. The molecule has 0 aromatic carbocycles. The van der Waals surface area contributed by atoms with Gasteiger partial charge in [-0.25, -0.2) is 4.63 Å². The smallest absolute Gasteiger partial charge is 0.121 e. The van der Waals surface area contributed by atoms with E-state index < -0.39 is 0 Å². The molecule has 1 aliphatic carbocycles. The van der Waals surface area contributed by atoms with Gasteiger partial charge in [0, 0.05) is 12.6 Å². The highest BCUT2D eigenvalue weighted by molar-refractivity contribution is 5.04. The van der Waals surface area contributed by atoms with Crippen LogP contribution in [-0.2, 0) is 6.54 Å². The van der Waals surface area contributed by atoms with Crippen molar-refractivity contribution in [1.29, 1.82) is 0 Å². The molecule has 0 spiro atoms. The summed E-state index contributed by atoms with van der Waals surface area (Å²) in [6.07, 6.45) is 6.73. The van der Waals surface area contributed by atoms with E-state index in [0.717, 1.165) is 23.9 Å². The largest absolute Gasteiger partial charge is 0.308 e. The minimum Gasteiger partial charge on any atom is -0.308 e. The predicted octanol–water partition coefficient (Wildman–Crippen LogP) is 2.44. The van der Waals surface area contributed by atoms with E-state index in [2.05, 4.69) is 22.6 Å². The number of aromatic nitrogens is 2. The van der Waals surface area contributed by atoms with Crippen LogP contribution in [-0.4, -0.2) is 16.4 Å². The Hall–Kier alpha value is -0.900. The Morgan fingerprint density at radius 3 is 2.81 bits per heavy atom. The predicted molar refractivity (Wildman–Crippen MR) is 61.9 cm³/mol. The summed E-state index contributed by atoms with van der Waals surface area (Å²) in [6.45, 7) is 5.06. The Balaban J connectivity index is 1.86. The molecule has 1 heterocycles. The summed E-state index contributed by atoms with van der Waals surface area (Å²) < 4.78 is 4.70. The molecule has 4 nitrogen and oxygen atoms in total. The Kier molecular flexibility index (Phi) is 3.93. The lowest BCUT2D eigenvalue weighted by Gasteiger charge is -2.22. The van der Waals surface area contributed by atoms with Crippen LogP contribution in [0.3, 0.4) is 0 Å². The highest BCUT2D eigenvalue weighted by atomic mass is 16.6. The van der Waals surface area contributed by atoms with Gasteiger partial charge >= 0.3 is 0 Å². The lowest BCUT2D eigenvalue weighted by Crippen LogP contribution is -2.34. The second kappa shape index (κ2) is 5.43. The molecule has 1 aliphatic rings. The zero-order valence-electron chi connectivity index (χ0n) is 10.2. The Morgan fingerprint density at radius 2 is 2.06 bits per heavy atom. The molecule has 0 aliphatic heterocycles. The topological polar surface area (TPSA) is 51.0 Å². The molecule has 1 N–H and O–H groups in total. The van der Waals surface area contributed by atoms with Crippen molar-refractivity contribution in [2.75, 3.05) is 0 Å². The van der Waals surface area contributed by atoms with Crippen LogP contribution in [0.15, 0.2) is 4.63 Å². The van der Waals surface area contributed by atoms with Crippen LogP contribution in [0.25, 0.3) is 0 Å². The summed E-state index contributed by atoms with van der Waals surface area (Å²) in [6, 6.07) is 0.624. The van der Waals surface area contributed by atoms with Gasteiger partial charge in [0.05, 0.1) is 0 Å². The molecule has 1 aromatic rings. The van der Waals surface area contributed by atoms with E-state index >= 15 is 0 Å². The van der Waals surface area contributed by atoms with Crippen molar-refractivity contribution in [3.63, 3.8) is 0 Å². The number of nitrogens with zero attached hydrogens (tertiary/aromatic N) is 2. The number of aryl methyl sites for hydroxylation is 1.